The zero-order chi connectivity index (χ0) is 15.2. The van der Waals surface area contributed by atoms with Crippen LogP contribution in [0.2, 0.25) is 0 Å². The van der Waals surface area contributed by atoms with Crippen molar-refractivity contribution in [1.29, 1.82) is 0 Å². The molecular formula is C22H20Cl2Hf. The zero-order valence-corrected chi connectivity index (χ0v) is 19.1. The smallest absolute Gasteiger partial charge is 1.00 e. The van der Waals surface area contributed by atoms with E-state index in [-0.39, 0.29) is 24.8 Å². The summed E-state index contributed by atoms with van der Waals surface area (Å²) in [5.41, 5.74) is 6.17. The molecule has 2 atom stereocenters. The Morgan fingerprint density at radius 2 is 1.16 bits per heavy atom. The van der Waals surface area contributed by atoms with E-state index in [1.165, 1.54) is 30.4 Å². The van der Waals surface area contributed by atoms with Gasteiger partial charge in [-0.25, -0.2) is 0 Å². The van der Waals surface area contributed by atoms with Crippen LogP contribution in [-0.2, 0) is 21.0 Å². The SMILES string of the molecule is C1=C[CH]([Hf+2](=[C]2CCC2)[CH]2C=Cc3ccccc32)c2ccccc21.[Cl-].[Cl-]. The molecule has 0 saturated heterocycles. The van der Waals surface area contributed by atoms with Crippen LogP contribution in [0.5, 0.6) is 0 Å². The van der Waals surface area contributed by atoms with E-state index in [1.54, 1.807) is 11.1 Å². The van der Waals surface area contributed by atoms with E-state index >= 15 is 0 Å². The van der Waals surface area contributed by atoms with E-state index in [0.717, 1.165) is 7.35 Å². The molecule has 3 aliphatic rings. The minimum absolute atomic E-state index is 0. The van der Waals surface area contributed by atoms with Crippen LogP contribution >= 0.6 is 0 Å². The monoisotopic (exact) mass is 534 g/mol. The first-order chi connectivity index (χ1) is 11.4. The van der Waals surface area contributed by atoms with Crippen molar-refractivity contribution < 1.29 is 45.8 Å². The van der Waals surface area contributed by atoms with E-state index in [1.807, 2.05) is 3.26 Å². The van der Waals surface area contributed by atoms with Crippen LogP contribution in [0.1, 0.15) is 48.9 Å². The Morgan fingerprint density at radius 3 is 1.60 bits per heavy atom. The minimum Gasteiger partial charge on any atom is -1.00 e. The molecule has 2 aromatic rings. The maximum Gasteiger partial charge on any atom is -1.00 e. The first-order valence-electron chi connectivity index (χ1n) is 8.68. The van der Waals surface area contributed by atoms with E-state index in [4.69, 9.17) is 0 Å². The molecule has 0 N–H and O–H groups in total. The van der Waals surface area contributed by atoms with Crippen molar-refractivity contribution in [3.05, 3.63) is 82.9 Å². The molecule has 2 unspecified atom stereocenters. The predicted octanol–water partition coefficient (Wildman–Crippen LogP) is -0.495. The maximum atomic E-state index is 2.55. The topological polar surface area (TPSA) is 0 Å². The van der Waals surface area contributed by atoms with Gasteiger partial charge < -0.3 is 24.8 Å². The Kier molecular flexibility index (Phi) is 5.98. The van der Waals surface area contributed by atoms with Gasteiger partial charge in [0.1, 0.15) is 0 Å². The molecule has 0 radical (unpaired) electrons. The quantitative estimate of drug-likeness (QED) is 0.457. The van der Waals surface area contributed by atoms with Crippen LogP contribution in [0.25, 0.3) is 12.2 Å². The molecule has 1 fully saturated rings. The normalized spacial score (nSPS) is 21.3. The molecule has 126 valence electrons. The van der Waals surface area contributed by atoms with Crippen LogP contribution in [-0.4, -0.2) is 3.26 Å². The summed E-state index contributed by atoms with van der Waals surface area (Å²) in [4.78, 5) is 0. The van der Waals surface area contributed by atoms with E-state index in [0.29, 0.717) is 0 Å². The molecule has 3 heteroatoms. The van der Waals surface area contributed by atoms with Crippen molar-refractivity contribution in [2.24, 2.45) is 0 Å². The molecule has 0 spiro atoms. The molecule has 25 heavy (non-hydrogen) atoms. The van der Waals surface area contributed by atoms with Crippen LogP contribution in [0.15, 0.2) is 60.7 Å². The van der Waals surface area contributed by atoms with Crippen molar-refractivity contribution in [1.82, 2.24) is 0 Å². The Bertz CT molecular complexity index is 810. The largest absolute Gasteiger partial charge is 1.00 e. The molecule has 3 aliphatic carbocycles. The number of rotatable bonds is 2. The number of hydrogen-bond acceptors (Lipinski definition) is 0. The molecule has 0 aromatic heterocycles. The Labute approximate surface area is 169 Å². The van der Waals surface area contributed by atoms with Gasteiger partial charge in [0.05, 0.1) is 0 Å². The minimum atomic E-state index is -1.99. The van der Waals surface area contributed by atoms with Gasteiger partial charge in [0.15, 0.2) is 0 Å². The second-order valence-corrected chi connectivity index (χ2v) is 17.1. The summed E-state index contributed by atoms with van der Waals surface area (Å²) in [6.07, 6.45) is 14.1. The van der Waals surface area contributed by atoms with Crippen molar-refractivity contribution in [3.63, 3.8) is 0 Å². The molecule has 0 amide bonds. The van der Waals surface area contributed by atoms with E-state index < -0.39 is 21.0 Å². The fourth-order valence-electron chi connectivity index (χ4n) is 4.32. The van der Waals surface area contributed by atoms with Gasteiger partial charge in [0, 0.05) is 0 Å². The Balaban J connectivity index is 0.000000911. The molecule has 0 heterocycles. The summed E-state index contributed by atoms with van der Waals surface area (Å²) in [7, 11) is 0. The number of allylic oxidation sites excluding steroid dienone is 2. The summed E-state index contributed by atoms with van der Waals surface area (Å²) >= 11 is -1.99. The van der Waals surface area contributed by atoms with Gasteiger partial charge in [-0.1, -0.05) is 0 Å². The number of hydrogen-bond donors (Lipinski definition) is 0. The summed E-state index contributed by atoms with van der Waals surface area (Å²) in [6, 6.07) is 18.2. The Morgan fingerprint density at radius 1 is 0.680 bits per heavy atom. The van der Waals surface area contributed by atoms with Crippen LogP contribution in [0.3, 0.4) is 0 Å². The fourth-order valence-corrected chi connectivity index (χ4v) is 18.7. The predicted molar refractivity (Wildman–Crippen MR) is 95.3 cm³/mol. The van der Waals surface area contributed by atoms with Crippen LogP contribution < -0.4 is 24.8 Å². The molecular weight excluding hydrogens is 514 g/mol. The van der Waals surface area contributed by atoms with Crippen molar-refractivity contribution >= 4 is 15.4 Å². The number of fused-ring (bicyclic) bond motifs is 2. The molecule has 5 rings (SSSR count). The third-order valence-electron chi connectivity index (χ3n) is 5.63. The van der Waals surface area contributed by atoms with Crippen molar-refractivity contribution in [2.75, 3.05) is 0 Å². The van der Waals surface area contributed by atoms with Gasteiger partial charge in [-0.2, -0.15) is 0 Å². The van der Waals surface area contributed by atoms with Gasteiger partial charge in [-0.3, -0.25) is 0 Å². The van der Waals surface area contributed by atoms with Gasteiger partial charge in [0.2, 0.25) is 0 Å². The number of halogens is 2. The first-order valence-corrected chi connectivity index (χ1v) is 14.6. The average molecular weight is 534 g/mol. The number of benzene rings is 2. The third-order valence-corrected chi connectivity index (χ3v) is 18.8. The van der Waals surface area contributed by atoms with E-state index in [2.05, 4.69) is 72.8 Å². The second kappa shape index (κ2) is 7.86. The van der Waals surface area contributed by atoms with Crippen LogP contribution in [0.4, 0.5) is 0 Å². The molecule has 0 bridgehead atoms. The summed E-state index contributed by atoms with van der Waals surface area (Å²) in [6.45, 7) is 0. The van der Waals surface area contributed by atoms with Gasteiger partial charge in [-0.05, 0) is 0 Å². The van der Waals surface area contributed by atoms with E-state index in [9.17, 15) is 0 Å². The molecule has 2 aromatic carbocycles. The fraction of sp³-hybridized carbons (Fsp3) is 0.227. The molecule has 0 aliphatic heterocycles. The van der Waals surface area contributed by atoms with Gasteiger partial charge in [-0.15, -0.1) is 0 Å². The van der Waals surface area contributed by atoms with Gasteiger partial charge >= 0.3 is 146 Å². The summed E-state index contributed by atoms with van der Waals surface area (Å²) < 4.78 is 3.51. The zero-order valence-electron chi connectivity index (χ0n) is 14.0. The maximum absolute atomic E-state index is 2.55. The summed E-state index contributed by atoms with van der Waals surface area (Å²) in [5, 5.41) is 0. The standard InChI is InChI=1S/2C9H7.C4H6.2ClH.Hf/c2*1-2-5-9-7-3-6-8(9)4-1;1-2-4-3-1;;;/h2*1-7H;1-3H2;2*1H;/q;;;;;+2/p-2. The van der Waals surface area contributed by atoms with Crippen LogP contribution in [0, 0.1) is 0 Å². The van der Waals surface area contributed by atoms with Crippen molar-refractivity contribution in [2.45, 2.75) is 26.6 Å². The summed E-state index contributed by atoms with van der Waals surface area (Å²) in [5.74, 6) is 0. The average Bonchev–Trinajstić information content (AvgIpc) is 3.15. The third kappa shape index (κ3) is 3.20. The van der Waals surface area contributed by atoms with Gasteiger partial charge in [0.25, 0.3) is 0 Å². The second-order valence-electron chi connectivity index (χ2n) is 6.84. The molecule has 0 nitrogen and oxygen atoms in total. The van der Waals surface area contributed by atoms with Crippen molar-refractivity contribution in [3.8, 4) is 0 Å². The molecule has 1 saturated carbocycles. The first kappa shape index (κ1) is 19.0. The Hall–Kier alpha value is -0.760.